The lowest BCUT2D eigenvalue weighted by Crippen LogP contribution is -2.41. The molecule has 3 fully saturated rings. The molecule has 3 rings (SSSR count). The molecule has 18 heavy (non-hydrogen) atoms. The van der Waals surface area contributed by atoms with Crippen molar-refractivity contribution < 1.29 is 14.3 Å². The van der Waals surface area contributed by atoms with Crippen molar-refractivity contribution in [3.63, 3.8) is 0 Å². The first-order chi connectivity index (χ1) is 8.44. The summed E-state index contributed by atoms with van der Waals surface area (Å²) in [6, 6.07) is 0. The van der Waals surface area contributed by atoms with Crippen LogP contribution in [0.15, 0.2) is 0 Å². The maximum absolute atomic E-state index is 12.4. The average molecular weight is 252 g/mol. The first-order valence-corrected chi connectivity index (χ1v) is 6.62. The topological polar surface area (TPSA) is 49.9 Å². The molecule has 0 aromatic heterocycles. The van der Waals surface area contributed by atoms with Crippen LogP contribution in [0.25, 0.3) is 0 Å². The van der Waals surface area contributed by atoms with E-state index in [-0.39, 0.29) is 29.8 Å². The molecule has 2 bridgehead atoms. The van der Waals surface area contributed by atoms with Crippen molar-refractivity contribution in [2.75, 3.05) is 27.2 Å². The number of hydrogen-bond acceptors (Lipinski definition) is 4. The molecular weight excluding hydrogens is 232 g/mol. The summed E-state index contributed by atoms with van der Waals surface area (Å²) in [7, 11) is 3.89. The van der Waals surface area contributed by atoms with Crippen molar-refractivity contribution in [1.82, 2.24) is 9.80 Å². The fourth-order valence-electron chi connectivity index (χ4n) is 3.66. The monoisotopic (exact) mass is 252 g/mol. The molecule has 3 aliphatic rings. The number of nitrogens with zero attached hydrogens (tertiary/aromatic N) is 2. The largest absolute Gasteiger partial charge is 0.370 e. The SMILES string of the molecule is CN(C)CCN1C(=O)[C@@H]2[C@H]3CC[C@](C)(O3)[C@H]2C1=O. The van der Waals surface area contributed by atoms with Crippen molar-refractivity contribution in [3.8, 4) is 0 Å². The van der Waals surface area contributed by atoms with Gasteiger partial charge in [0, 0.05) is 13.1 Å². The quantitative estimate of drug-likeness (QED) is 0.669. The van der Waals surface area contributed by atoms with Crippen molar-refractivity contribution >= 4 is 11.8 Å². The summed E-state index contributed by atoms with van der Waals surface area (Å²) in [4.78, 5) is 28.2. The molecule has 5 nitrogen and oxygen atoms in total. The molecule has 100 valence electrons. The van der Waals surface area contributed by atoms with E-state index >= 15 is 0 Å². The number of rotatable bonds is 3. The number of likely N-dealkylation sites (N-methyl/N-ethyl adjacent to an activating group) is 1. The zero-order valence-electron chi connectivity index (χ0n) is 11.2. The Morgan fingerprint density at radius 1 is 1.39 bits per heavy atom. The van der Waals surface area contributed by atoms with Gasteiger partial charge in [-0.3, -0.25) is 14.5 Å². The van der Waals surface area contributed by atoms with Crippen molar-refractivity contribution in [1.29, 1.82) is 0 Å². The van der Waals surface area contributed by atoms with Crippen LogP contribution in [0.4, 0.5) is 0 Å². The highest BCUT2D eigenvalue weighted by atomic mass is 16.5. The van der Waals surface area contributed by atoms with Gasteiger partial charge in [-0.1, -0.05) is 0 Å². The molecule has 0 saturated carbocycles. The average Bonchev–Trinajstić information content (AvgIpc) is 2.87. The van der Waals surface area contributed by atoms with Crippen LogP contribution >= 0.6 is 0 Å². The predicted molar refractivity (Wildman–Crippen MR) is 64.8 cm³/mol. The maximum Gasteiger partial charge on any atom is 0.236 e. The Bertz CT molecular complexity index is 409. The second kappa shape index (κ2) is 3.78. The van der Waals surface area contributed by atoms with Crippen LogP contribution in [0.2, 0.25) is 0 Å². The van der Waals surface area contributed by atoms with Crippen LogP contribution in [-0.2, 0) is 14.3 Å². The van der Waals surface area contributed by atoms with E-state index in [0.717, 1.165) is 19.4 Å². The molecule has 5 heteroatoms. The van der Waals surface area contributed by atoms with Crippen LogP contribution < -0.4 is 0 Å². The minimum absolute atomic E-state index is 0.0136. The summed E-state index contributed by atoms with van der Waals surface area (Å²) in [6.07, 6.45) is 1.79. The van der Waals surface area contributed by atoms with E-state index in [2.05, 4.69) is 0 Å². The fraction of sp³-hybridized carbons (Fsp3) is 0.846. The Morgan fingerprint density at radius 3 is 2.72 bits per heavy atom. The molecule has 2 amide bonds. The van der Waals surface area contributed by atoms with Gasteiger partial charge in [-0.2, -0.15) is 0 Å². The van der Waals surface area contributed by atoms with E-state index in [9.17, 15) is 9.59 Å². The number of imide groups is 1. The third-order valence-electron chi connectivity index (χ3n) is 4.62. The van der Waals surface area contributed by atoms with Gasteiger partial charge in [-0.25, -0.2) is 0 Å². The summed E-state index contributed by atoms with van der Waals surface area (Å²) in [5.74, 6) is -0.471. The zero-order valence-corrected chi connectivity index (χ0v) is 11.2. The van der Waals surface area contributed by atoms with Gasteiger partial charge in [0.2, 0.25) is 11.8 Å². The molecule has 0 N–H and O–H groups in total. The summed E-state index contributed by atoms with van der Waals surface area (Å²) < 4.78 is 5.86. The third-order valence-corrected chi connectivity index (χ3v) is 4.62. The van der Waals surface area contributed by atoms with Crippen molar-refractivity contribution in [2.24, 2.45) is 11.8 Å². The molecule has 0 spiro atoms. The van der Waals surface area contributed by atoms with E-state index in [1.165, 1.54) is 4.90 Å². The van der Waals surface area contributed by atoms with Gasteiger partial charge < -0.3 is 9.64 Å². The Hall–Kier alpha value is -0.940. The Morgan fingerprint density at radius 2 is 2.11 bits per heavy atom. The van der Waals surface area contributed by atoms with Crippen LogP contribution in [0.1, 0.15) is 19.8 Å². The zero-order chi connectivity index (χ0) is 13.1. The molecule has 3 heterocycles. The summed E-state index contributed by atoms with van der Waals surface area (Å²) in [5, 5.41) is 0. The lowest BCUT2D eigenvalue weighted by Gasteiger charge is -2.26. The number of carbonyl (C=O) groups excluding carboxylic acids is 2. The molecule has 3 saturated heterocycles. The van der Waals surface area contributed by atoms with Gasteiger partial charge in [0.25, 0.3) is 0 Å². The first-order valence-electron chi connectivity index (χ1n) is 6.62. The van der Waals surface area contributed by atoms with E-state index in [1.807, 2.05) is 25.9 Å². The van der Waals surface area contributed by atoms with Gasteiger partial charge in [0.15, 0.2) is 0 Å². The lowest BCUT2D eigenvalue weighted by molar-refractivity contribution is -0.144. The number of fused-ring (bicyclic) bond motifs is 5. The van der Waals surface area contributed by atoms with Crippen LogP contribution in [-0.4, -0.2) is 60.5 Å². The van der Waals surface area contributed by atoms with Gasteiger partial charge in [-0.15, -0.1) is 0 Å². The van der Waals surface area contributed by atoms with Gasteiger partial charge >= 0.3 is 0 Å². The summed E-state index contributed by atoms with van der Waals surface area (Å²) in [6.45, 7) is 3.21. The minimum atomic E-state index is -0.394. The first kappa shape index (κ1) is 12.1. The van der Waals surface area contributed by atoms with Crippen molar-refractivity contribution in [2.45, 2.75) is 31.5 Å². The summed E-state index contributed by atoms with van der Waals surface area (Å²) in [5.41, 5.74) is -0.394. The highest BCUT2D eigenvalue weighted by molar-refractivity contribution is 6.06. The van der Waals surface area contributed by atoms with E-state index in [0.29, 0.717) is 6.54 Å². The Labute approximate surface area is 107 Å². The second-order valence-electron chi connectivity index (χ2n) is 6.14. The van der Waals surface area contributed by atoms with Crippen LogP contribution in [0.5, 0.6) is 0 Å². The number of likely N-dealkylation sites (tertiary alicyclic amines) is 1. The third kappa shape index (κ3) is 1.47. The second-order valence-corrected chi connectivity index (χ2v) is 6.14. The van der Waals surface area contributed by atoms with E-state index < -0.39 is 5.60 Å². The van der Waals surface area contributed by atoms with Crippen LogP contribution in [0.3, 0.4) is 0 Å². The molecule has 0 aromatic carbocycles. The molecule has 0 aromatic rings. The molecule has 0 radical (unpaired) electrons. The highest BCUT2D eigenvalue weighted by Crippen LogP contribution is 2.54. The number of ether oxygens (including phenoxy) is 1. The van der Waals surface area contributed by atoms with Gasteiger partial charge in [0.1, 0.15) is 0 Å². The molecule has 0 aliphatic carbocycles. The highest BCUT2D eigenvalue weighted by Gasteiger charge is 2.67. The minimum Gasteiger partial charge on any atom is -0.370 e. The van der Waals surface area contributed by atoms with E-state index in [4.69, 9.17) is 4.74 Å². The predicted octanol–water partition coefficient (Wildman–Crippen LogP) is 0.100. The number of amides is 2. The normalized spacial score (nSPS) is 42.2. The standard InChI is InChI=1S/C13H20N2O3/c1-13-5-4-8(18-13)9-10(13)12(17)15(11(9)16)7-6-14(2)3/h8-10H,4-7H2,1-3H3/t8-,9-,10-,13+/m1/s1. The van der Waals surface area contributed by atoms with Crippen molar-refractivity contribution in [3.05, 3.63) is 0 Å². The Balaban J connectivity index is 1.82. The number of hydrogen-bond donors (Lipinski definition) is 0. The molecule has 3 aliphatic heterocycles. The smallest absolute Gasteiger partial charge is 0.236 e. The fourth-order valence-corrected chi connectivity index (χ4v) is 3.66. The lowest BCUT2D eigenvalue weighted by atomic mass is 9.74. The van der Waals surface area contributed by atoms with Crippen LogP contribution in [0, 0.1) is 11.8 Å². The van der Waals surface area contributed by atoms with Gasteiger partial charge in [0.05, 0.1) is 23.5 Å². The Kier molecular flexibility index (Phi) is 2.54. The van der Waals surface area contributed by atoms with Gasteiger partial charge in [-0.05, 0) is 33.9 Å². The summed E-state index contributed by atoms with van der Waals surface area (Å²) >= 11 is 0. The van der Waals surface area contributed by atoms with E-state index in [1.54, 1.807) is 0 Å². The maximum atomic E-state index is 12.4. The molecular formula is C13H20N2O3. The molecule has 4 atom stereocenters. The number of carbonyl (C=O) groups is 2. The molecule has 0 unspecified atom stereocenters.